The highest BCUT2D eigenvalue weighted by atomic mass is 32.2. The third-order valence-corrected chi connectivity index (χ3v) is 4.47. The molecule has 3 rings (SSSR count). The zero-order valence-corrected chi connectivity index (χ0v) is 10.6. The summed E-state index contributed by atoms with van der Waals surface area (Å²) in [6.07, 6.45) is 1.43. The second-order valence-electron chi connectivity index (χ2n) is 4.01. The largest absolute Gasteiger partial charge is 0.493 e. The predicted octanol–water partition coefficient (Wildman–Crippen LogP) is 1.98. The van der Waals surface area contributed by atoms with E-state index in [1.165, 1.54) is 24.4 Å². The third-order valence-electron chi connectivity index (χ3n) is 2.79. The lowest BCUT2D eigenvalue weighted by Gasteiger charge is -2.06. The molecule has 0 atom stereocenters. The van der Waals surface area contributed by atoms with Gasteiger partial charge in [0.25, 0.3) is 10.0 Å². The van der Waals surface area contributed by atoms with Gasteiger partial charge in [0.2, 0.25) is 5.88 Å². The standard InChI is InChI=1S/C13H10N2O3S/c16-12-7-6-10-8-9-15(13(10)14-12)19(17,18)11-4-2-1-3-5-11/h1-9H,(H,14,16). The van der Waals surface area contributed by atoms with Crippen molar-refractivity contribution < 1.29 is 13.5 Å². The maximum absolute atomic E-state index is 12.5. The van der Waals surface area contributed by atoms with Crippen molar-refractivity contribution in [3.05, 3.63) is 54.7 Å². The van der Waals surface area contributed by atoms with Gasteiger partial charge in [-0.1, -0.05) is 18.2 Å². The van der Waals surface area contributed by atoms with Gasteiger partial charge in [0.05, 0.1) is 4.90 Å². The number of aromatic nitrogens is 2. The summed E-state index contributed by atoms with van der Waals surface area (Å²) >= 11 is 0. The molecule has 0 saturated heterocycles. The molecular weight excluding hydrogens is 264 g/mol. The number of hydrogen-bond donors (Lipinski definition) is 1. The quantitative estimate of drug-likeness (QED) is 0.775. The summed E-state index contributed by atoms with van der Waals surface area (Å²) in [6.45, 7) is 0. The minimum Gasteiger partial charge on any atom is -0.493 e. The second kappa shape index (κ2) is 4.10. The third kappa shape index (κ3) is 1.86. The van der Waals surface area contributed by atoms with Crippen LogP contribution in [-0.4, -0.2) is 22.5 Å². The minimum atomic E-state index is -3.70. The Balaban J connectivity index is 2.28. The maximum Gasteiger partial charge on any atom is 0.269 e. The molecule has 0 amide bonds. The molecular formula is C13H10N2O3S. The molecule has 3 aromatic rings. The van der Waals surface area contributed by atoms with Gasteiger partial charge in [-0.05, 0) is 24.3 Å². The van der Waals surface area contributed by atoms with Crippen LogP contribution >= 0.6 is 0 Å². The fourth-order valence-corrected chi connectivity index (χ4v) is 3.20. The second-order valence-corrected chi connectivity index (χ2v) is 5.83. The van der Waals surface area contributed by atoms with Gasteiger partial charge in [0.15, 0.2) is 5.65 Å². The number of hydrogen-bond acceptors (Lipinski definition) is 4. The lowest BCUT2D eigenvalue weighted by molar-refractivity contribution is 0.455. The number of nitrogens with zero attached hydrogens (tertiary/aromatic N) is 2. The first-order valence-corrected chi connectivity index (χ1v) is 7.01. The van der Waals surface area contributed by atoms with Crippen LogP contribution in [0.25, 0.3) is 11.0 Å². The fraction of sp³-hybridized carbons (Fsp3) is 0. The monoisotopic (exact) mass is 274 g/mol. The lowest BCUT2D eigenvalue weighted by Crippen LogP contribution is -2.12. The van der Waals surface area contributed by atoms with Crippen molar-refractivity contribution in [1.29, 1.82) is 0 Å². The predicted molar refractivity (Wildman–Crippen MR) is 70.4 cm³/mol. The fourth-order valence-electron chi connectivity index (χ4n) is 1.87. The van der Waals surface area contributed by atoms with E-state index in [4.69, 9.17) is 0 Å². The number of pyridine rings is 1. The summed E-state index contributed by atoms with van der Waals surface area (Å²) in [5, 5.41) is 10.0. The molecule has 1 N–H and O–H groups in total. The molecule has 19 heavy (non-hydrogen) atoms. The first-order chi connectivity index (χ1) is 9.09. The molecule has 96 valence electrons. The lowest BCUT2D eigenvalue weighted by atomic mass is 10.3. The van der Waals surface area contributed by atoms with Crippen molar-refractivity contribution in [2.45, 2.75) is 4.90 Å². The van der Waals surface area contributed by atoms with Crippen molar-refractivity contribution >= 4 is 21.1 Å². The van der Waals surface area contributed by atoms with Gasteiger partial charge in [-0.25, -0.2) is 12.4 Å². The van der Waals surface area contributed by atoms with E-state index in [0.717, 1.165) is 3.97 Å². The average Bonchev–Trinajstić information content (AvgIpc) is 2.83. The highest BCUT2D eigenvalue weighted by Crippen LogP contribution is 2.22. The van der Waals surface area contributed by atoms with E-state index in [0.29, 0.717) is 5.39 Å². The minimum absolute atomic E-state index is 0.178. The molecule has 2 aromatic heterocycles. The van der Waals surface area contributed by atoms with Crippen LogP contribution in [0, 0.1) is 0 Å². The number of rotatable bonds is 2. The summed E-state index contributed by atoms with van der Waals surface area (Å²) in [4.78, 5) is 4.05. The Morgan fingerprint density at radius 1 is 1.00 bits per heavy atom. The van der Waals surface area contributed by atoms with Gasteiger partial charge in [0, 0.05) is 17.6 Å². The number of fused-ring (bicyclic) bond motifs is 1. The molecule has 0 unspecified atom stereocenters. The molecule has 0 aliphatic rings. The summed E-state index contributed by atoms with van der Waals surface area (Å²) in [5.74, 6) is -0.212. The molecule has 1 aromatic carbocycles. The van der Waals surface area contributed by atoms with Crippen LogP contribution < -0.4 is 0 Å². The Morgan fingerprint density at radius 2 is 1.74 bits per heavy atom. The molecule has 0 spiro atoms. The van der Waals surface area contributed by atoms with E-state index in [9.17, 15) is 13.5 Å². The van der Waals surface area contributed by atoms with Crippen molar-refractivity contribution in [3.8, 4) is 5.88 Å². The molecule has 0 radical (unpaired) electrons. The van der Waals surface area contributed by atoms with E-state index in [-0.39, 0.29) is 16.4 Å². The van der Waals surface area contributed by atoms with E-state index < -0.39 is 10.0 Å². The van der Waals surface area contributed by atoms with Gasteiger partial charge >= 0.3 is 0 Å². The first kappa shape index (κ1) is 11.7. The van der Waals surface area contributed by atoms with Gasteiger partial charge in [0.1, 0.15) is 0 Å². The van der Waals surface area contributed by atoms with Crippen molar-refractivity contribution in [3.63, 3.8) is 0 Å². The first-order valence-electron chi connectivity index (χ1n) is 5.57. The Hall–Kier alpha value is -2.34. The Morgan fingerprint density at radius 3 is 2.47 bits per heavy atom. The number of benzene rings is 1. The number of aromatic hydroxyl groups is 1. The van der Waals surface area contributed by atoms with Gasteiger partial charge in [-0.2, -0.15) is 4.98 Å². The van der Waals surface area contributed by atoms with E-state index in [1.807, 2.05) is 0 Å². The molecule has 0 fully saturated rings. The maximum atomic E-state index is 12.5. The molecule has 5 nitrogen and oxygen atoms in total. The van der Waals surface area contributed by atoms with E-state index >= 15 is 0 Å². The highest BCUT2D eigenvalue weighted by Gasteiger charge is 2.19. The molecule has 6 heteroatoms. The molecule has 2 heterocycles. The zero-order chi connectivity index (χ0) is 13.5. The molecule has 0 aliphatic carbocycles. The van der Waals surface area contributed by atoms with Crippen LogP contribution in [0.3, 0.4) is 0 Å². The molecule has 0 aliphatic heterocycles. The average molecular weight is 274 g/mol. The van der Waals surface area contributed by atoms with Gasteiger partial charge in [-0.15, -0.1) is 0 Å². The molecule has 0 saturated carbocycles. The SMILES string of the molecule is O=S(=O)(c1ccccc1)n1ccc2ccc(O)nc21. The van der Waals surface area contributed by atoms with E-state index in [2.05, 4.69) is 4.98 Å². The summed E-state index contributed by atoms with van der Waals surface area (Å²) < 4.78 is 26.0. The van der Waals surface area contributed by atoms with Crippen molar-refractivity contribution in [1.82, 2.24) is 8.96 Å². The van der Waals surface area contributed by atoms with Crippen molar-refractivity contribution in [2.75, 3.05) is 0 Å². The Bertz CT molecular complexity index is 839. The van der Waals surface area contributed by atoms with Gasteiger partial charge < -0.3 is 5.11 Å². The van der Waals surface area contributed by atoms with Crippen LogP contribution in [0.2, 0.25) is 0 Å². The smallest absolute Gasteiger partial charge is 0.269 e. The highest BCUT2D eigenvalue weighted by molar-refractivity contribution is 7.90. The van der Waals surface area contributed by atoms with E-state index in [1.54, 1.807) is 30.3 Å². The summed E-state index contributed by atoms with van der Waals surface area (Å²) in [6, 6.07) is 12.8. The summed E-state index contributed by atoms with van der Waals surface area (Å²) in [7, 11) is -3.70. The van der Waals surface area contributed by atoms with Gasteiger partial charge in [-0.3, -0.25) is 0 Å². The Labute approximate surface area is 109 Å². The Kier molecular flexibility index (Phi) is 2.53. The molecule has 0 bridgehead atoms. The zero-order valence-electron chi connectivity index (χ0n) is 9.76. The van der Waals surface area contributed by atoms with Crippen LogP contribution in [0.4, 0.5) is 0 Å². The van der Waals surface area contributed by atoms with Crippen LogP contribution in [0.5, 0.6) is 5.88 Å². The topological polar surface area (TPSA) is 72.2 Å². The van der Waals surface area contributed by atoms with Crippen LogP contribution in [-0.2, 0) is 10.0 Å². The van der Waals surface area contributed by atoms with Crippen LogP contribution in [0.1, 0.15) is 0 Å². The summed E-state index contributed by atoms with van der Waals surface area (Å²) in [5.41, 5.74) is 0.212. The normalized spacial score (nSPS) is 11.8. The van der Waals surface area contributed by atoms with Crippen LogP contribution in [0.15, 0.2) is 59.6 Å². The van der Waals surface area contributed by atoms with Crippen molar-refractivity contribution in [2.24, 2.45) is 0 Å².